The fraction of sp³-hybridized carbons (Fsp3) is 0.533. The van der Waals surface area contributed by atoms with Gasteiger partial charge in [0.15, 0.2) is 6.04 Å². The molecular weight excluding hydrogens is 272 g/mol. The Balaban J connectivity index is 2.30. The SMILES string of the molecule is CC(C)(C)OC(=O)N(C1CC1)[C@H](C(=O)O)c1cccnc1. The van der Waals surface area contributed by atoms with Gasteiger partial charge in [-0.2, -0.15) is 0 Å². The van der Waals surface area contributed by atoms with Crippen LogP contribution < -0.4 is 0 Å². The predicted molar refractivity (Wildman–Crippen MR) is 75.7 cm³/mol. The number of carbonyl (C=O) groups is 2. The van der Waals surface area contributed by atoms with Crippen molar-refractivity contribution >= 4 is 12.1 Å². The fourth-order valence-electron chi connectivity index (χ4n) is 2.09. The van der Waals surface area contributed by atoms with Gasteiger partial charge in [0.1, 0.15) is 5.60 Å². The Morgan fingerprint density at radius 1 is 1.43 bits per heavy atom. The molecule has 1 aliphatic carbocycles. The van der Waals surface area contributed by atoms with Crippen LogP contribution in [-0.4, -0.2) is 38.7 Å². The summed E-state index contributed by atoms with van der Waals surface area (Å²) in [5.74, 6) is -1.08. The van der Waals surface area contributed by atoms with Crippen molar-refractivity contribution in [3.8, 4) is 0 Å². The van der Waals surface area contributed by atoms with Gasteiger partial charge >= 0.3 is 12.1 Å². The summed E-state index contributed by atoms with van der Waals surface area (Å²) >= 11 is 0. The molecule has 114 valence electrons. The number of ether oxygens (including phenoxy) is 1. The van der Waals surface area contributed by atoms with Crippen molar-refractivity contribution in [1.82, 2.24) is 9.88 Å². The lowest BCUT2D eigenvalue weighted by Gasteiger charge is -2.31. The van der Waals surface area contributed by atoms with Crippen LogP contribution in [0.5, 0.6) is 0 Å². The molecule has 2 rings (SSSR count). The highest BCUT2D eigenvalue weighted by atomic mass is 16.6. The number of hydrogen-bond acceptors (Lipinski definition) is 4. The van der Waals surface area contributed by atoms with Crippen molar-refractivity contribution in [2.75, 3.05) is 0 Å². The van der Waals surface area contributed by atoms with Crippen LogP contribution in [0.15, 0.2) is 24.5 Å². The molecule has 1 heterocycles. The van der Waals surface area contributed by atoms with E-state index in [0.717, 1.165) is 12.8 Å². The Labute approximate surface area is 123 Å². The molecule has 1 saturated carbocycles. The minimum atomic E-state index is -1.08. The highest BCUT2D eigenvalue weighted by molar-refractivity contribution is 5.82. The first-order chi connectivity index (χ1) is 9.79. The summed E-state index contributed by atoms with van der Waals surface area (Å²) in [6, 6.07) is 2.17. The van der Waals surface area contributed by atoms with Crippen LogP contribution in [0.25, 0.3) is 0 Å². The molecule has 1 aliphatic rings. The zero-order valence-corrected chi connectivity index (χ0v) is 12.4. The van der Waals surface area contributed by atoms with Crippen LogP contribution in [0, 0.1) is 0 Å². The second kappa shape index (κ2) is 5.71. The van der Waals surface area contributed by atoms with Gasteiger partial charge in [-0.25, -0.2) is 9.59 Å². The Morgan fingerprint density at radius 2 is 2.10 bits per heavy atom. The van der Waals surface area contributed by atoms with Gasteiger partial charge < -0.3 is 9.84 Å². The normalized spacial score (nSPS) is 16.1. The first kappa shape index (κ1) is 15.3. The summed E-state index contributed by atoms with van der Waals surface area (Å²) in [6.45, 7) is 5.28. The van der Waals surface area contributed by atoms with Gasteiger partial charge in [0.05, 0.1) is 0 Å². The summed E-state index contributed by atoms with van der Waals surface area (Å²) in [5, 5.41) is 9.54. The van der Waals surface area contributed by atoms with Crippen molar-refractivity contribution < 1.29 is 19.4 Å². The van der Waals surface area contributed by atoms with Gasteiger partial charge in [-0.3, -0.25) is 9.88 Å². The molecule has 0 aromatic carbocycles. The number of carbonyl (C=O) groups excluding carboxylic acids is 1. The van der Waals surface area contributed by atoms with E-state index in [1.807, 2.05) is 0 Å². The molecule has 0 spiro atoms. The smallest absolute Gasteiger partial charge is 0.411 e. The second-order valence-electron chi connectivity index (χ2n) is 6.15. The number of pyridine rings is 1. The predicted octanol–water partition coefficient (Wildman–Crippen LogP) is 2.61. The van der Waals surface area contributed by atoms with E-state index in [1.165, 1.54) is 11.1 Å². The van der Waals surface area contributed by atoms with Crippen molar-refractivity contribution in [2.45, 2.75) is 51.3 Å². The van der Waals surface area contributed by atoms with Gasteiger partial charge in [0.25, 0.3) is 0 Å². The number of aromatic nitrogens is 1. The molecule has 0 bridgehead atoms. The van der Waals surface area contributed by atoms with Crippen LogP contribution >= 0.6 is 0 Å². The molecule has 1 amide bonds. The molecule has 0 aliphatic heterocycles. The number of amides is 1. The van der Waals surface area contributed by atoms with E-state index in [0.29, 0.717) is 5.56 Å². The van der Waals surface area contributed by atoms with E-state index in [-0.39, 0.29) is 6.04 Å². The zero-order valence-electron chi connectivity index (χ0n) is 12.4. The topological polar surface area (TPSA) is 79.7 Å². The zero-order chi connectivity index (χ0) is 15.6. The highest BCUT2D eigenvalue weighted by Gasteiger charge is 2.43. The van der Waals surface area contributed by atoms with Gasteiger partial charge in [0.2, 0.25) is 0 Å². The Morgan fingerprint density at radius 3 is 2.52 bits per heavy atom. The average Bonchev–Trinajstić information content (AvgIpc) is 3.18. The van der Waals surface area contributed by atoms with Crippen molar-refractivity contribution in [3.05, 3.63) is 30.1 Å². The maximum Gasteiger partial charge on any atom is 0.411 e. The molecule has 0 radical (unpaired) electrons. The van der Waals surface area contributed by atoms with Gasteiger partial charge in [-0.05, 0) is 39.7 Å². The molecule has 6 nitrogen and oxygen atoms in total. The molecule has 1 N–H and O–H groups in total. The first-order valence-electron chi connectivity index (χ1n) is 6.93. The first-order valence-corrected chi connectivity index (χ1v) is 6.93. The lowest BCUT2D eigenvalue weighted by atomic mass is 10.1. The largest absolute Gasteiger partial charge is 0.479 e. The molecule has 1 fully saturated rings. The summed E-state index contributed by atoms with van der Waals surface area (Å²) in [7, 11) is 0. The van der Waals surface area contributed by atoms with Crippen LogP contribution in [0.4, 0.5) is 4.79 Å². The van der Waals surface area contributed by atoms with Crippen LogP contribution in [0.1, 0.15) is 45.2 Å². The van der Waals surface area contributed by atoms with Crippen LogP contribution in [0.3, 0.4) is 0 Å². The minimum Gasteiger partial charge on any atom is -0.479 e. The minimum absolute atomic E-state index is 0.0823. The third-order valence-electron chi connectivity index (χ3n) is 3.06. The second-order valence-corrected chi connectivity index (χ2v) is 6.15. The number of nitrogens with zero attached hydrogens (tertiary/aromatic N) is 2. The third-order valence-corrected chi connectivity index (χ3v) is 3.06. The van der Waals surface area contributed by atoms with E-state index in [2.05, 4.69) is 4.98 Å². The maximum absolute atomic E-state index is 12.4. The van der Waals surface area contributed by atoms with Crippen LogP contribution in [-0.2, 0) is 9.53 Å². The molecule has 21 heavy (non-hydrogen) atoms. The average molecular weight is 292 g/mol. The lowest BCUT2D eigenvalue weighted by molar-refractivity contribution is -0.143. The van der Waals surface area contributed by atoms with E-state index in [1.54, 1.807) is 39.1 Å². The molecule has 0 saturated heterocycles. The number of carboxylic acids is 1. The van der Waals surface area contributed by atoms with E-state index in [9.17, 15) is 14.7 Å². The van der Waals surface area contributed by atoms with Crippen molar-refractivity contribution in [2.24, 2.45) is 0 Å². The Hall–Kier alpha value is -2.11. The van der Waals surface area contributed by atoms with Gasteiger partial charge in [-0.15, -0.1) is 0 Å². The molecule has 6 heteroatoms. The molecular formula is C15H20N2O4. The summed E-state index contributed by atoms with van der Waals surface area (Å²) in [5.41, 5.74) is -0.190. The van der Waals surface area contributed by atoms with Crippen molar-refractivity contribution in [3.63, 3.8) is 0 Å². The molecule has 1 aromatic heterocycles. The van der Waals surface area contributed by atoms with Crippen LogP contribution in [0.2, 0.25) is 0 Å². The number of carboxylic acid groups (broad SMARTS) is 1. The van der Waals surface area contributed by atoms with E-state index >= 15 is 0 Å². The Kier molecular flexibility index (Phi) is 4.16. The third kappa shape index (κ3) is 3.93. The number of hydrogen-bond donors (Lipinski definition) is 1. The fourth-order valence-corrected chi connectivity index (χ4v) is 2.09. The number of aliphatic carboxylic acids is 1. The lowest BCUT2D eigenvalue weighted by Crippen LogP contribution is -2.43. The van der Waals surface area contributed by atoms with Crippen molar-refractivity contribution in [1.29, 1.82) is 0 Å². The quantitative estimate of drug-likeness (QED) is 0.922. The molecule has 0 unspecified atom stereocenters. The Bertz CT molecular complexity index is 520. The van der Waals surface area contributed by atoms with Gasteiger partial charge in [0, 0.05) is 24.0 Å². The molecule has 1 aromatic rings. The van der Waals surface area contributed by atoms with Gasteiger partial charge in [-0.1, -0.05) is 6.07 Å². The highest BCUT2D eigenvalue weighted by Crippen LogP contribution is 2.35. The summed E-state index contributed by atoms with van der Waals surface area (Å²) < 4.78 is 5.36. The summed E-state index contributed by atoms with van der Waals surface area (Å²) in [6.07, 6.45) is 4.03. The number of rotatable bonds is 4. The van der Waals surface area contributed by atoms with E-state index in [4.69, 9.17) is 4.74 Å². The molecule has 1 atom stereocenters. The standard InChI is InChI=1S/C15H20N2O4/c1-15(2,3)21-14(20)17(11-6-7-11)12(13(18)19)10-5-4-8-16-9-10/h4-5,8-9,11-12H,6-7H2,1-3H3,(H,18,19)/t12-/m0/s1. The monoisotopic (exact) mass is 292 g/mol. The van der Waals surface area contributed by atoms with E-state index < -0.39 is 23.7 Å². The summed E-state index contributed by atoms with van der Waals surface area (Å²) in [4.78, 5) is 29.3. The maximum atomic E-state index is 12.4.